The van der Waals surface area contributed by atoms with Gasteiger partial charge < -0.3 is 56.8 Å². The Kier molecular flexibility index (Phi) is 40.4. The van der Waals surface area contributed by atoms with Crippen molar-refractivity contribution in [2.45, 2.75) is 59.3 Å². The lowest BCUT2D eigenvalue weighted by Gasteiger charge is -2.10. The molecule has 0 aliphatic heterocycles. The summed E-state index contributed by atoms with van der Waals surface area (Å²) in [6.07, 6.45) is 5.89. The Balaban J connectivity index is 3.09. The largest absolute Gasteiger partial charge is 0.463 e. The van der Waals surface area contributed by atoms with Gasteiger partial charge in [0, 0.05) is 13.0 Å². The molecule has 13 heteroatoms. The molecule has 282 valence electrons. The van der Waals surface area contributed by atoms with Gasteiger partial charge in [0.25, 0.3) is 0 Å². The van der Waals surface area contributed by atoms with Crippen molar-refractivity contribution in [2.24, 2.45) is 5.92 Å². The molecule has 0 amide bonds. The first-order chi connectivity index (χ1) is 23.2. The average molecular weight is 685 g/mol. The zero-order valence-electron chi connectivity index (χ0n) is 29.9. The van der Waals surface area contributed by atoms with E-state index in [1.807, 2.05) is 0 Å². The molecule has 0 saturated heterocycles. The molecule has 13 nitrogen and oxygen atoms in total. The van der Waals surface area contributed by atoms with E-state index in [9.17, 15) is 4.79 Å². The summed E-state index contributed by atoms with van der Waals surface area (Å²) in [6, 6.07) is 0. The lowest BCUT2D eigenvalue weighted by atomic mass is 10.1. The Bertz CT molecular complexity index is 600. The zero-order chi connectivity index (χ0) is 34.1. The van der Waals surface area contributed by atoms with Crippen molar-refractivity contribution in [3.05, 3.63) is 0 Å². The maximum atomic E-state index is 11.5. The highest BCUT2D eigenvalue weighted by molar-refractivity contribution is 5.69. The van der Waals surface area contributed by atoms with E-state index in [2.05, 4.69) is 20.8 Å². The van der Waals surface area contributed by atoms with Crippen LogP contribution in [-0.4, -0.2) is 158 Å². The van der Waals surface area contributed by atoms with Crippen LogP contribution in [0.25, 0.3) is 0 Å². The van der Waals surface area contributed by atoms with Crippen LogP contribution in [0.15, 0.2) is 0 Å². The maximum absolute atomic E-state index is 11.5. The highest BCUT2D eigenvalue weighted by Gasteiger charge is 2.02. The van der Waals surface area contributed by atoms with Gasteiger partial charge in [-0.1, -0.05) is 46.5 Å². The number of hydrogen-bond acceptors (Lipinski definition) is 13. The van der Waals surface area contributed by atoms with Gasteiger partial charge in [-0.2, -0.15) is 0 Å². The van der Waals surface area contributed by atoms with Crippen LogP contribution in [0, 0.1) is 5.92 Å². The number of rotatable bonds is 41. The lowest BCUT2D eigenvalue weighted by molar-refractivity contribution is -0.145. The fraction of sp³-hybridized carbons (Fsp3) is 0.971. The third-order valence-electron chi connectivity index (χ3n) is 6.54. The number of ether oxygens (including phenoxy) is 12. The molecule has 0 spiro atoms. The predicted octanol–water partition coefficient (Wildman–Crippen LogP) is 3.73. The van der Waals surface area contributed by atoms with E-state index in [4.69, 9.17) is 56.8 Å². The molecular weight excluding hydrogens is 616 g/mol. The number of unbranched alkanes of at least 4 members (excludes halogenated alkanes) is 3. The Labute approximate surface area is 284 Å². The summed E-state index contributed by atoms with van der Waals surface area (Å²) >= 11 is 0. The van der Waals surface area contributed by atoms with Crippen LogP contribution >= 0.6 is 0 Å². The molecule has 0 bridgehead atoms. The van der Waals surface area contributed by atoms with Crippen molar-refractivity contribution in [3.8, 4) is 0 Å². The van der Waals surface area contributed by atoms with Crippen molar-refractivity contribution in [1.82, 2.24) is 0 Å². The monoisotopic (exact) mass is 684 g/mol. The van der Waals surface area contributed by atoms with Gasteiger partial charge in [0.1, 0.15) is 6.61 Å². The third kappa shape index (κ3) is 41.1. The van der Waals surface area contributed by atoms with Crippen molar-refractivity contribution in [1.29, 1.82) is 0 Å². The van der Waals surface area contributed by atoms with Crippen LogP contribution in [0.2, 0.25) is 0 Å². The minimum Gasteiger partial charge on any atom is -0.463 e. The summed E-state index contributed by atoms with van der Waals surface area (Å²) in [4.78, 5) is 11.5. The van der Waals surface area contributed by atoms with E-state index >= 15 is 0 Å². The highest BCUT2D eigenvalue weighted by Crippen LogP contribution is 2.03. The number of hydrogen-bond donors (Lipinski definition) is 0. The Hall–Kier alpha value is -0.970. The van der Waals surface area contributed by atoms with Crippen LogP contribution in [0.5, 0.6) is 0 Å². The van der Waals surface area contributed by atoms with Gasteiger partial charge in [-0.3, -0.25) is 4.79 Å². The molecule has 0 N–H and O–H groups in total. The van der Waals surface area contributed by atoms with Gasteiger partial charge in [-0.25, -0.2) is 0 Å². The van der Waals surface area contributed by atoms with Crippen molar-refractivity contribution in [3.63, 3.8) is 0 Å². The zero-order valence-corrected chi connectivity index (χ0v) is 29.9. The molecule has 0 aliphatic rings. The van der Waals surface area contributed by atoms with Gasteiger partial charge >= 0.3 is 5.97 Å². The first-order valence-corrected chi connectivity index (χ1v) is 17.7. The summed E-state index contributed by atoms with van der Waals surface area (Å²) < 4.78 is 65.3. The van der Waals surface area contributed by atoms with Gasteiger partial charge in [0.15, 0.2) is 0 Å². The lowest BCUT2D eigenvalue weighted by Crippen LogP contribution is -2.15. The summed E-state index contributed by atoms with van der Waals surface area (Å²) in [7, 11) is 0. The molecule has 0 aromatic rings. The number of carbonyl (C=O) groups is 1. The number of carbonyl (C=O) groups excluding carboxylic acids is 1. The van der Waals surface area contributed by atoms with E-state index in [0.29, 0.717) is 151 Å². The van der Waals surface area contributed by atoms with Crippen molar-refractivity contribution < 1.29 is 61.6 Å². The Morgan fingerprint density at radius 1 is 0.404 bits per heavy atom. The van der Waals surface area contributed by atoms with Crippen LogP contribution in [-0.2, 0) is 61.6 Å². The van der Waals surface area contributed by atoms with Gasteiger partial charge in [-0.15, -0.1) is 0 Å². The summed E-state index contributed by atoms with van der Waals surface area (Å²) in [5, 5.41) is 0. The first kappa shape index (κ1) is 46.0. The summed E-state index contributed by atoms with van der Waals surface area (Å²) in [5.41, 5.74) is 0. The quantitative estimate of drug-likeness (QED) is 0.0686. The second kappa shape index (κ2) is 41.2. The second-order valence-corrected chi connectivity index (χ2v) is 10.7. The van der Waals surface area contributed by atoms with E-state index in [-0.39, 0.29) is 12.6 Å². The molecule has 0 aromatic carbocycles. The topological polar surface area (TPSA) is 128 Å². The number of esters is 1. The SMILES string of the molecule is CCCCCCC(=O)OCCOCCOCCOCCOCCOCCOCCOCCOCCOCCOCCOCC(C)CC. The minimum absolute atomic E-state index is 0.151. The maximum Gasteiger partial charge on any atom is 0.305 e. The average Bonchev–Trinajstić information content (AvgIpc) is 3.08. The smallest absolute Gasteiger partial charge is 0.305 e. The van der Waals surface area contributed by atoms with Gasteiger partial charge in [0.05, 0.1) is 139 Å². The molecule has 0 radical (unpaired) electrons. The normalized spacial score (nSPS) is 12.1. The fourth-order valence-corrected chi connectivity index (χ4v) is 3.58. The van der Waals surface area contributed by atoms with Crippen LogP contribution < -0.4 is 0 Å². The summed E-state index contributed by atoms with van der Waals surface area (Å²) in [6.45, 7) is 18.3. The third-order valence-corrected chi connectivity index (χ3v) is 6.54. The molecule has 1 unspecified atom stereocenters. The van der Waals surface area contributed by atoms with Crippen molar-refractivity contribution >= 4 is 5.97 Å². The Morgan fingerprint density at radius 3 is 1.00 bits per heavy atom. The van der Waals surface area contributed by atoms with E-state index < -0.39 is 0 Å². The van der Waals surface area contributed by atoms with Crippen LogP contribution in [0.3, 0.4) is 0 Å². The molecule has 0 saturated carbocycles. The molecule has 0 fully saturated rings. The predicted molar refractivity (Wildman–Crippen MR) is 178 cm³/mol. The van der Waals surface area contributed by atoms with Gasteiger partial charge in [-0.05, 0) is 12.3 Å². The molecule has 47 heavy (non-hydrogen) atoms. The first-order valence-electron chi connectivity index (χ1n) is 17.7. The minimum atomic E-state index is -0.151. The van der Waals surface area contributed by atoms with E-state index in [0.717, 1.165) is 38.7 Å². The van der Waals surface area contributed by atoms with Crippen LogP contribution in [0.4, 0.5) is 0 Å². The molecule has 0 aromatic heterocycles. The van der Waals surface area contributed by atoms with Crippen molar-refractivity contribution in [2.75, 3.05) is 152 Å². The van der Waals surface area contributed by atoms with Gasteiger partial charge in [0.2, 0.25) is 0 Å². The standard InChI is InChI=1S/C34H68O13/c1-4-6-7-8-9-34(35)47-31-30-45-27-26-43-23-22-41-19-18-39-15-14-37-11-10-36-12-13-38-16-17-40-20-21-42-24-25-44-28-29-46-32-33(3)5-2/h33H,4-32H2,1-3H3. The highest BCUT2D eigenvalue weighted by atomic mass is 16.6. The fourth-order valence-electron chi connectivity index (χ4n) is 3.58. The molecule has 0 rings (SSSR count). The molecule has 0 heterocycles. The van der Waals surface area contributed by atoms with E-state index in [1.54, 1.807) is 0 Å². The Morgan fingerprint density at radius 2 is 0.702 bits per heavy atom. The molecular formula is C34H68O13. The summed E-state index contributed by atoms with van der Waals surface area (Å²) in [5.74, 6) is 0.444. The van der Waals surface area contributed by atoms with Crippen LogP contribution in [0.1, 0.15) is 59.3 Å². The molecule has 0 aliphatic carbocycles. The van der Waals surface area contributed by atoms with E-state index in [1.165, 1.54) is 0 Å². The second-order valence-electron chi connectivity index (χ2n) is 10.7. The molecule has 1 atom stereocenters.